The number of non-ortho nitro benzene ring substituents is 1. The summed E-state index contributed by atoms with van der Waals surface area (Å²) in [6.45, 7) is 1.91. The number of aromatic nitrogens is 3. The number of nitrogens with zero attached hydrogens (tertiary/aromatic N) is 5. The quantitative estimate of drug-likeness (QED) is 0.399. The third-order valence-corrected chi connectivity index (χ3v) is 5.05. The van der Waals surface area contributed by atoms with Crippen LogP contribution < -0.4 is 5.32 Å². The van der Waals surface area contributed by atoms with E-state index >= 15 is 0 Å². The summed E-state index contributed by atoms with van der Waals surface area (Å²) < 4.78 is 1.72. The van der Waals surface area contributed by atoms with Gasteiger partial charge in [0.25, 0.3) is 11.6 Å². The number of amides is 1. The number of carbonyl (C=O) groups is 1. The monoisotopic (exact) mass is 412 g/mol. The molecule has 0 unspecified atom stereocenters. The first-order valence-corrected chi connectivity index (χ1v) is 9.27. The van der Waals surface area contributed by atoms with E-state index in [4.69, 9.17) is 0 Å². The number of rotatable bonds is 4. The molecule has 0 bridgehead atoms. The molecule has 0 aliphatic rings. The van der Waals surface area contributed by atoms with Gasteiger partial charge in [0.15, 0.2) is 0 Å². The Hall–Kier alpha value is -4.58. The number of fused-ring (bicyclic) bond motifs is 1. The van der Waals surface area contributed by atoms with Crippen LogP contribution >= 0.6 is 0 Å². The zero-order valence-corrected chi connectivity index (χ0v) is 16.7. The number of nitrogens with one attached hydrogen (secondary N) is 1. The van der Waals surface area contributed by atoms with Gasteiger partial charge in [-0.15, -0.1) is 0 Å². The minimum atomic E-state index is -0.592. The van der Waals surface area contributed by atoms with Crippen molar-refractivity contribution in [2.24, 2.45) is 7.05 Å². The van der Waals surface area contributed by atoms with E-state index in [1.807, 2.05) is 38.2 Å². The molecular formula is C22H16N6O3. The van der Waals surface area contributed by atoms with E-state index in [1.165, 1.54) is 12.1 Å². The fraction of sp³-hybridized carbons (Fsp3) is 0.0909. The molecular weight excluding hydrogens is 396 g/mol. The molecule has 0 saturated heterocycles. The molecule has 0 aliphatic carbocycles. The van der Waals surface area contributed by atoms with Gasteiger partial charge in [-0.2, -0.15) is 10.4 Å². The second-order valence-electron chi connectivity index (χ2n) is 6.89. The highest BCUT2D eigenvalue weighted by Crippen LogP contribution is 2.28. The lowest BCUT2D eigenvalue weighted by molar-refractivity contribution is -0.384. The van der Waals surface area contributed by atoms with Crippen LogP contribution in [0.5, 0.6) is 0 Å². The van der Waals surface area contributed by atoms with Gasteiger partial charge in [0, 0.05) is 35.8 Å². The van der Waals surface area contributed by atoms with Crippen LogP contribution in [-0.2, 0) is 7.05 Å². The molecule has 0 saturated carbocycles. The first-order valence-electron chi connectivity index (χ1n) is 9.27. The molecule has 1 N–H and O–H groups in total. The molecule has 0 fully saturated rings. The molecule has 4 aromatic rings. The molecule has 0 spiro atoms. The van der Waals surface area contributed by atoms with Crippen LogP contribution in [0, 0.1) is 28.4 Å². The molecule has 31 heavy (non-hydrogen) atoms. The van der Waals surface area contributed by atoms with Crippen LogP contribution in [0.4, 0.5) is 11.4 Å². The largest absolute Gasteiger partial charge is 0.321 e. The number of aryl methyl sites for hydroxylation is 1. The zero-order valence-electron chi connectivity index (χ0n) is 16.7. The Balaban J connectivity index is 1.80. The number of carbonyl (C=O) groups excluding carboxylic acids is 1. The molecule has 2 aromatic heterocycles. The van der Waals surface area contributed by atoms with Crippen molar-refractivity contribution in [3.05, 3.63) is 81.7 Å². The van der Waals surface area contributed by atoms with Gasteiger partial charge in [0.05, 0.1) is 39.1 Å². The average Bonchev–Trinajstić information content (AvgIpc) is 3.11. The third kappa shape index (κ3) is 3.58. The Bertz CT molecular complexity index is 1400. The van der Waals surface area contributed by atoms with Crippen molar-refractivity contribution in [2.75, 3.05) is 5.32 Å². The zero-order chi connectivity index (χ0) is 22.1. The van der Waals surface area contributed by atoms with Crippen LogP contribution in [0.25, 0.3) is 22.2 Å². The molecule has 152 valence electrons. The second kappa shape index (κ2) is 7.68. The van der Waals surface area contributed by atoms with E-state index < -0.39 is 10.8 Å². The number of para-hydroxylation sites is 1. The van der Waals surface area contributed by atoms with Crippen LogP contribution in [0.3, 0.4) is 0 Å². The van der Waals surface area contributed by atoms with Gasteiger partial charge < -0.3 is 5.32 Å². The third-order valence-electron chi connectivity index (χ3n) is 5.05. The van der Waals surface area contributed by atoms with Crippen LogP contribution in [0.1, 0.15) is 21.6 Å². The predicted octanol–water partition coefficient (Wildman–Crippen LogP) is 3.98. The number of hydrogen-bond acceptors (Lipinski definition) is 6. The summed E-state index contributed by atoms with van der Waals surface area (Å²) in [6, 6.07) is 14.5. The fourth-order valence-electron chi connectivity index (χ4n) is 3.29. The van der Waals surface area contributed by atoms with Crippen molar-refractivity contribution in [2.45, 2.75) is 6.92 Å². The van der Waals surface area contributed by atoms with Crippen molar-refractivity contribution in [3.63, 3.8) is 0 Å². The number of pyridine rings is 1. The second-order valence-corrected chi connectivity index (χ2v) is 6.89. The maximum absolute atomic E-state index is 13.2. The van der Waals surface area contributed by atoms with Crippen LogP contribution in [0.2, 0.25) is 0 Å². The van der Waals surface area contributed by atoms with E-state index in [2.05, 4.69) is 15.4 Å². The lowest BCUT2D eigenvalue weighted by Crippen LogP contribution is -2.14. The van der Waals surface area contributed by atoms with Gasteiger partial charge in [-0.3, -0.25) is 19.6 Å². The topological polar surface area (TPSA) is 127 Å². The lowest BCUT2D eigenvalue weighted by Gasteiger charge is -2.11. The highest BCUT2D eigenvalue weighted by molar-refractivity contribution is 6.13. The summed E-state index contributed by atoms with van der Waals surface area (Å²) >= 11 is 0. The van der Waals surface area contributed by atoms with Crippen molar-refractivity contribution in [3.8, 4) is 17.3 Å². The van der Waals surface area contributed by atoms with E-state index in [1.54, 1.807) is 23.0 Å². The van der Waals surface area contributed by atoms with Gasteiger partial charge >= 0.3 is 0 Å². The summed E-state index contributed by atoms with van der Waals surface area (Å²) in [5, 5.41) is 27.9. The van der Waals surface area contributed by atoms with Crippen molar-refractivity contribution in [1.82, 2.24) is 14.8 Å². The van der Waals surface area contributed by atoms with E-state index in [-0.39, 0.29) is 16.9 Å². The summed E-state index contributed by atoms with van der Waals surface area (Å²) in [4.78, 5) is 28.2. The highest BCUT2D eigenvalue weighted by Gasteiger charge is 2.18. The van der Waals surface area contributed by atoms with Crippen molar-refractivity contribution < 1.29 is 9.72 Å². The van der Waals surface area contributed by atoms with Gasteiger partial charge in [-0.25, -0.2) is 4.98 Å². The summed E-state index contributed by atoms with van der Waals surface area (Å²) in [5.41, 5.74) is 3.27. The first-order chi connectivity index (χ1) is 14.9. The number of hydrogen-bond donors (Lipinski definition) is 1. The van der Waals surface area contributed by atoms with Gasteiger partial charge in [-0.1, -0.05) is 18.2 Å². The lowest BCUT2D eigenvalue weighted by atomic mass is 10.0. The van der Waals surface area contributed by atoms with Gasteiger partial charge in [0.1, 0.15) is 6.07 Å². The predicted molar refractivity (Wildman–Crippen MR) is 114 cm³/mol. The minimum Gasteiger partial charge on any atom is -0.321 e. The number of nitro benzene ring substituents is 1. The SMILES string of the molecule is Cc1c(-c2cc(C(=O)Nc3ccc([N+](=O)[O-])cc3C#N)c3ccccc3n2)cnn1C. The molecule has 9 heteroatoms. The molecule has 2 aromatic carbocycles. The van der Waals surface area contributed by atoms with E-state index in [9.17, 15) is 20.2 Å². The molecule has 4 rings (SSSR count). The summed E-state index contributed by atoms with van der Waals surface area (Å²) in [6.07, 6.45) is 1.69. The van der Waals surface area contributed by atoms with Gasteiger partial charge in [0.2, 0.25) is 0 Å². The number of anilines is 1. The molecule has 0 atom stereocenters. The maximum atomic E-state index is 13.2. The Morgan fingerprint density at radius 3 is 2.68 bits per heavy atom. The Morgan fingerprint density at radius 1 is 1.23 bits per heavy atom. The Morgan fingerprint density at radius 2 is 2.00 bits per heavy atom. The highest BCUT2D eigenvalue weighted by atomic mass is 16.6. The first kappa shape index (κ1) is 19.7. The molecule has 9 nitrogen and oxygen atoms in total. The number of benzene rings is 2. The van der Waals surface area contributed by atoms with Crippen LogP contribution in [-0.4, -0.2) is 25.6 Å². The smallest absolute Gasteiger partial charge is 0.270 e. The standard InChI is InChI=1S/C22H16N6O3/c1-13-18(12-24-27(13)2)21-10-17(16-5-3-4-6-20(16)25-21)22(29)26-19-8-7-15(28(30)31)9-14(19)11-23/h3-10,12H,1-2H3,(H,26,29). The number of nitriles is 1. The normalized spacial score (nSPS) is 10.6. The maximum Gasteiger partial charge on any atom is 0.270 e. The Labute approximate surface area is 176 Å². The van der Waals surface area contributed by atoms with E-state index in [0.29, 0.717) is 22.2 Å². The number of nitro groups is 1. The molecule has 0 aliphatic heterocycles. The summed E-state index contributed by atoms with van der Waals surface area (Å²) in [7, 11) is 1.82. The molecule has 2 heterocycles. The average molecular weight is 412 g/mol. The molecule has 0 radical (unpaired) electrons. The Kier molecular flexibility index (Phi) is 4.89. The van der Waals surface area contributed by atoms with Crippen molar-refractivity contribution in [1.29, 1.82) is 5.26 Å². The fourth-order valence-corrected chi connectivity index (χ4v) is 3.29. The minimum absolute atomic E-state index is 0.00392. The van der Waals surface area contributed by atoms with Crippen molar-refractivity contribution >= 4 is 28.2 Å². The molecule has 1 amide bonds. The van der Waals surface area contributed by atoms with E-state index in [0.717, 1.165) is 17.3 Å². The van der Waals surface area contributed by atoms with Crippen LogP contribution in [0.15, 0.2) is 54.7 Å². The summed E-state index contributed by atoms with van der Waals surface area (Å²) in [5.74, 6) is -0.452. The van der Waals surface area contributed by atoms with Gasteiger partial charge in [-0.05, 0) is 25.1 Å².